The van der Waals surface area contributed by atoms with E-state index in [4.69, 9.17) is 15.6 Å². The predicted molar refractivity (Wildman–Crippen MR) is 47.0 cm³/mol. The molecule has 0 aromatic heterocycles. The van der Waals surface area contributed by atoms with E-state index in [2.05, 4.69) is 0 Å². The fourth-order valence-corrected chi connectivity index (χ4v) is 0.773. The summed E-state index contributed by atoms with van der Waals surface area (Å²) in [5.74, 6) is 0.779. The minimum absolute atomic E-state index is 0.0488. The summed E-state index contributed by atoms with van der Waals surface area (Å²) in [7, 11) is 0. The van der Waals surface area contributed by atoms with Crippen molar-refractivity contribution in [2.75, 3.05) is 13.2 Å². The molecule has 1 rings (SSSR count). The van der Waals surface area contributed by atoms with E-state index >= 15 is 0 Å². The van der Waals surface area contributed by atoms with Gasteiger partial charge in [0.15, 0.2) is 0 Å². The number of aliphatic hydroxyl groups excluding tert-OH is 1. The third-order valence-corrected chi connectivity index (χ3v) is 1.44. The van der Waals surface area contributed by atoms with E-state index in [0.29, 0.717) is 6.61 Å². The number of rotatable bonds is 4. The minimum Gasteiger partial charge on any atom is -0.492 e. The third-order valence-electron chi connectivity index (χ3n) is 1.44. The molecule has 0 heterocycles. The van der Waals surface area contributed by atoms with E-state index in [9.17, 15) is 0 Å². The zero-order valence-corrected chi connectivity index (χ0v) is 6.81. The lowest BCUT2D eigenvalue weighted by Crippen LogP contribution is -2.31. The van der Waals surface area contributed by atoms with E-state index in [-0.39, 0.29) is 12.6 Å². The fourth-order valence-electron chi connectivity index (χ4n) is 0.773. The van der Waals surface area contributed by atoms with Gasteiger partial charge in [0.25, 0.3) is 0 Å². The molecule has 0 aliphatic carbocycles. The Morgan fingerprint density at radius 2 is 2.00 bits per heavy atom. The number of hydrogen-bond acceptors (Lipinski definition) is 3. The van der Waals surface area contributed by atoms with Gasteiger partial charge in [-0.25, -0.2) is 0 Å². The Morgan fingerprint density at radius 1 is 1.33 bits per heavy atom. The Labute approximate surface area is 71.8 Å². The van der Waals surface area contributed by atoms with Crippen LogP contribution < -0.4 is 10.5 Å². The Bertz CT molecular complexity index is 213. The Kier molecular flexibility index (Phi) is 3.57. The summed E-state index contributed by atoms with van der Waals surface area (Å²) >= 11 is 0. The van der Waals surface area contributed by atoms with Crippen LogP contribution in [0.4, 0.5) is 0 Å². The molecule has 3 heteroatoms. The first kappa shape index (κ1) is 9.03. The van der Waals surface area contributed by atoms with Gasteiger partial charge in [-0.15, -0.1) is 0 Å². The quantitative estimate of drug-likeness (QED) is 0.681. The normalized spacial score (nSPS) is 12.5. The average Bonchev–Trinajstić information content (AvgIpc) is 2.16. The highest BCUT2D eigenvalue weighted by molar-refractivity contribution is 5.20. The van der Waals surface area contributed by atoms with Gasteiger partial charge in [-0.05, 0) is 12.1 Å². The summed E-state index contributed by atoms with van der Waals surface area (Å²) in [6.45, 7) is 0.299. The van der Waals surface area contributed by atoms with Gasteiger partial charge in [0.05, 0.1) is 12.6 Å². The maximum atomic E-state index is 8.61. The lowest BCUT2D eigenvalue weighted by atomic mass is 10.3. The highest BCUT2D eigenvalue weighted by Gasteiger charge is 1.99. The highest BCUT2D eigenvalue weighted by atomic mass is 16.5. The SMILES string of the molecule is N[C@@H](CO)COc1ccccc1. The third kappa shape index (κ3) is 2.90. The van der Waals surface area contributed by atoms with Gasteiger partial charge in [-0.2, -0.15) is 0 Å². The van der Waals surface area contributed by atoms with Crippen LogP contribution in [0.1, 0.15) is 0 Å². The fraction of sp³-hybridized carbons (Fsp3) is 0.333. The second-order valence-corrected chi connectivity index (χ2v) is 2.57. The van der Waals surface area contributed by atoms with Crippen LogP contribution in [0, 0.1) is 0 Å². The maximum Gasteiger partial charge on any atom is 0.119 e. The van der Waals surface area contributed by atoms with Crippen molar-refractivity contribution in [2.24, 2.45) is 5.73 Å². The topological polar surface area (TPSA) is 55.5 Å². The number of ether oxygens (including phenoxy) is 1. The number of hydrogen-bond donors (Lipinski definition) is 2. The molecule has 0 bridgehead atoms. The van der Waals surface area contributed by atoms with Crippen molar-refractivity contribution in [3.63, 3.8) is 0 Å². The molecule has 0 unspecified atom stereocenters. The van der Waals surface area contributed by atoms with Crippen LogP contribution >= 0.6 is 0 Å². The minimum atomic E-state index is -0.301. The van der Waals surface area contributed by atoms with Gasteiger partial charge in [0.1, 0.15) is 12.4 Å². The maximum absolute atomic E-state index is 8.61. The molecule has 12 heavy (non-hydrogen) atoms. The number of nitrogens with two attached hydrogens (primary N) is 1. The van der Waals surface area contributed by atoms with Crippen molar-refractivity contribution in [3.8, 4) is 5.75 Å². The lowest BCUT2D eigenvalue weighted by Gasteiger charge is -2.09. The molecule has 66 valence electrons. The summed E-state index contributed by atoms with van der Waals surface area (Å²) in [5.41, 5.74) is 5.45. The standard InChI is InChI=1S/C9H13NO2/c10-8(6-11)7-12-9-4-2-1-3-5-9/h1-5,8,11H,6-7,10H2/t8-/m0/s1. The Balaban J connectivity index is 2.33. The van der Waals surface area contributed by atoms with E-state index < -0.39 is 0 Å². The van der Waals surface area contributed by atoms with Gasteiger partial charge in [-0.1, -0.05) is 18.2 Å². The predicted octanol–water partition coefficient (Wildman–Crippen LogP) is 0.385. The summed E-state index contributed by atoms with van der Waals surface area (Å²) in [6.07, 6.45) is 0. The molecule has 0 aliphatic rings. The molecule has 1 aromatic rings. The summed E-state index contributed by atoms with van der Waals surface area (Å²) < 4.78 is 5.27. The van der Waals surface area contributed by atoms with Crippen molar-refractivity contribution in [1.82, 2.24) is 0 Å². The number of para-hydroxylation sites is 1. The van der Waals surface area contributed by atoms with Crippen molar-refractivity contribution in [3.05, 3.63) is 30.3 Å². The number of benzene rings is 1. The first-order chi connectivity index (χ1) is 5.83. The molecular weight excluding hydrogens is 154 g/mol. The van der Waals surface area contributed by atoms with Gasteiger partial charge >= 0.3 is 0 Å². The van der Waals surface area contributed by atoms with Crippen LogP contribution in [0.25, 0.3) is 0 Å². The van der Waals surface area contributed by atoms with Crippen molar-refractivity contribution in [2.45, 2.75) is 6.04 Å². The van der Waals surface area contributed by atoms with Gasteiger partial charge < -0.3 is 15.6 Å². The van der Waals surface area contributed by atoms with Gasteiger partial charge in [0.2, 0.25) is 0 Å². The zero-order valence-electron chi connectivity index (χ0n) is 6.81. The van der Waals surface area contributed by atoms with Crippen molar-refractivity contribution < 1.29 is 9.84 Å². The first-order valence-electron chi connectivity index (χ1n) is 3.87. The molecule has 0 fully saturated rings. The second kappa shape index (κ2) is 4.74. The second-order valence-electron chi connectivity index (χ2n) is 2.57. The Morgan fingerprint density at radius 3 is 2.58 bits per heavy atom. The molecule has 3 N–H and O–H groups in total. The molecule has 0 saturated carbocycles. The van der Waals surface area contributed by atoms with Crippen molar-refractivity contribution >= 4 is 0 Å². The van der Waals surface area contributed by atoms with E-state index in [1.54, 1.807) is 0 Å². The molecule has 1 atom stereocenters. The molecular formula is C9H13NO2. The van der Waals surface area contributed by atoms with Gasteiger partial charge in [-0.3, -0.25) is 0 Å². The van der Waals surface area contributed by atoms with Crippen LogP contribution in [0.2, 0.25) is 0 Å². The molecule has 0 aliphatic heterocycles. The zero-order chi connectivity index (χ0) is 8.81. The van der Waals surface area contributed by atoms with E-state index in [1.165, 1.54) is 0 Å². The molecule has 0 amide bonds. The van der Waals surface area contributed by atoms with Crippen LogP contribution in [0.15, 0.2) is 30.3 Å². The molecule has 1 aromatic carbocycles. The smallest absolute Gasteiger partial charge is 0.119 e. The molecule has 0 spiro atoms. The first-order valence-corrected chi connectivity index (χ1v) is 3.87. The number of aliphatic hydroxyl groups is 1. The summed E-state index contributed by atoms with van der Waals surface area (Å²) in [5, 5.41) is 8.61. The molecule has 0 saturated heterocycles. The largest absolute Gasteiger partial charge is 0.492 e. The van der Waals surface area contributed by atoms with E-state index in [0.717, 1.165) is 5.75 Å². The monoisotopic (exact) mass is 167 g/mol. The highest BCUT2D eigenvalue weighted by Crippen LogP contribution is 2.07. The lowest BCUT2D eigenvalue weighted by molar-refractivity contribution is 0.206. The molecule has 0 radical (unpaired) electrons. The molecule has 3 nitrogen and oxygen atoms in total. The van der Waals surface area contributed by atoms with Gasteiger partial charge in [0, 0.05) is 0 Å². The average molecular weight is 167 g/mol. The van der Waals surface area contributed by atoms with Crippen LogP contribution in [0.5, 0.6) is 5.75 Å². The summed E-state index contributed by atoms with van der Waals surface area (Å²) in [4.78, 5) is 0. The van der Waals surface area contributed by atoms with E-state index in [1.807, 2.05) is 30.3 Å². The van der Waals surface area contributed by atoms with Crippen molar-refractivity contribution in [1.29, 1.82) is 0 Å². The van der Waals surface area contributed by atoms with Crippen LogP contribution in [-0.4, -0.2) is 24.4 Å². The van der Waals surface area contributed by atoms with Crippen LogP contribution in [0.3, 0.4) is 0 Å². The Hall–Kier alpha value is -1.06. The summed E-state index contributed by atoms with van der Waals surface area (Å²) in [6, 6.07) is 9.09. The van der Waals surface area contributed by atoms with Crippen LogP contribution in [-0.2, 0) is 0 Å².